The summed E-state index contributed by atoms with van der Waals surface area (Å²) in [4.78, 5) is 39.0. The molecule has 1 aliphatic carbocycles. The first-order chi connectivity index (χ1) is 14.4. The van der Waals surface area contributed by atoms with Gasteiger partial charge in [0.25, 0.3) is 5.91 Å². The number of benzene rings is 2. The van der Waals surface area contributed by atoms with Crippen molar-refractivity contribution in [3.63, 3.8) is 0 Å². The van der Waals surface area contributed by atoms with Crippen LogP contribution in [0.2, 0.25) is 0 Å². The Morgan fingerprint density at radius 1 is 1.17 bits per heavy atom. The molecule has 4 rings (SSSR count). The zero-order chi connectivity index (χ0) is 21.3. The Morgan fingerprint density at radius 3 is 2.73 bits per heavy atom. The number of nitrogens with zero attached hydrogens (tertiary/aromatic N) is 1. The molecule has 2 N–H and O–H groups in total. The summed E-state index contributed by atoms with van der Waals surface area (Å²) in [5.41, 5.74) is 2.91. The van der Waals surface area contributed by atoms with E-state index in [2.05, 4.69) is 10.6 Å². The Labute approximate surface area is 175 Å². The number of fused-ring (bicyclic) bond motifs is 1. The molecule has 0 unspecified atom stereocenters. The minimum Gasteiger partial charge on any atom is -0.496 e. The monoisotopic (exact) mass is 407 g/mol. The number of amides is 4. The molecule has 156 valence electrons. The molecule has 1 saturated heterocycles. The number of ether oxygens (including phenoxy) is 1. The minimum absolute atomic E-state index is 0.268. The number of hydrogen-bond donors (Lipinski definition) is 2. The third-order valence-corrected chi connectivity index (χ3v) is 5.77. The first kappa shape index (κ1) is 19.9. The van der Waals surface area contributed by atoms with E-state index in [-0.39, 0.29) is 13.0 Å². The van der Waals surface area contributed by atoms with Gasteiger partial charge in [0.1, 0.15) is 17.8 Å². The Bertz CT molecular complexity index is 1020. The van der Waals surface area contributed by atoms with Crippen LogP contribution in [-0.2, 0) is 28.9 Å². The van der Waals surface area contributed by atoms with E-state index < -0.39 is 23.4 Å². The van der Waals surface area contributed by atoms with E-state index in [1.165, 1.54) is 11.1 Å². The first-order valence-corrected chi connectivity index (χ1v) is 10.1. The van der Waals surface area contributed by atoms with Crippen molar-refractivity contribution in [1.82, 2.24) is 10.2 Å². The number of carbonyl (C=O) groups is 3. The number of nitrogens with one attached hydrogen (secondary N) is 2. The third-order valence-electron chi connectivity index (χ3n) is 5.77. The second kappa shape index (κ2) is 7.82. The van der Waals surface area contributed by atoms with Crippen molar-refractivity contribution < 1.29 is 19.1 Å². The van der Waals surface area contributed by atoms with Gasteiger partial charge in [-0.25, -0.2) is 4.79 Å². The van der Waals surface area contributed by atoms with Gasteiger partial charge in [-0.15, -0.1) is 0 Å². The summed E-state index contributed by atoms with van der Waals surface area (Å²) in [7, 11) is 1.56. The van der Waals surface area contributed by atoms with Crippen LogP contribution < -0.4 is 15.4 Å². The zero-order valence-corrected chi connectivity index (χ0v) is 17.2. The molecule has 1 fully saturated rings. The van der Waals surface area contributed by atoms with Gasteiger partial charge in [-0.3, -0.25) is 14.5 Å². The van der Waals surface area contributed by atoms with Gasteiger partial charge in [0.15, 0.2) is 0 Å². The van der Waals surface area contributed by atoms with Crippen molar-refractivity contribution in [3.8, 4) is 5.75 Å². The summed E-state index contributed by atoms with van der Waals surface area (Å²) >= 11 is 0. The summed E-state index contributed by atoms with van der Waals surface area (Å²) in [5.74, 6) is -0.186. The van der Waals surface area contributed by atoms with Crippen LogP contribution in [0, 0.1) is 0 Å². The lowest BCUT2D eigenvalue weighted by molar-refractivity contribution is -0.133. The number of urea groups is 1. The number of anilines is 1. The lowest BCUT2D eigenvalue weighted by Crippen LogP contribution is -2.46. The maximum atomic E-state index is 13.0. The molecule has 2 aromatic rings. The average Bonchev–Trinajstić information content (AvgIpc) is 3.26. The van der Waals surface area contributed by atoms with Gasteiger partial charge in [0.2, 0.25) is 5.91 Å². The summed E-state index contributed by atoms with van der Waals surface area (Å²) in [5, 5.41) is 5.54. The predicted molar refractivity (Wildman–Crippen MR) is 112 cm³/mol. The number of carbonyl (C=O) groups excluding carboxylic acids is 3. The number of para-hydroxylation sites is 1. The summed E-state index contributed by atoms with van der Waals surface area (Å²) < 4.78 is 5.35. The topological polar surface area (TPSA) is 87.7 Å². The lowest BCUT2D eigenvalue weighted by atomic mass is 9.92. The van der Waals surface area contributed by atoms with Crippen LogP contribution in [0.25, 0.3) is 0 Å². The van der Waals surface area contributed by atoms with E-state index in [0.29, 0.717) is 11.4 Å². The minimum atomic E-state index is -1.14. The van der Waals surface area contributed by atoms with Crippen molar-refractivity contribution in [3.05, 3.63) is 59.2 Å². The van der Waals surface area contributed by atoms with E-state index in [9.17, 15) is 14.4 Å². The maximum absolute atomic E-state index is 13.0. The van der Waals surface area contributed by atoms with E-state index in [0.717, 1.165) is 29.7 Å². The fourth-order valence-corrected chi connectivity index (χ4v) is 4.23. The van der Waals surface area contributed by atoms with Crippen molar-refractivity contribution in [1.29, 1.82) is 0 Å². The molecule has 4 amide bonds. The van der Waals surface area contributed by atoms with Crippen molar-refractivity contribution >= 4 is 23.5 Å². The van der Waals surface area contributed by atoms with Crippen LogP contribution in [0.1, 0.15) is 30.0 Å². The molecule has 1 heterocycles. The molecule has 2 aliphatic rings. The normalized spacial score (nSPS) is 20.1. The Hall–Kier alpha value is -3.35. The molecule has 30 heavy (non-hydrogen) atoms. The van der Waals surface area contributed by atoms with Gasteiger partial charge < -0.3 is 15.4 Å². The van der Waals surface area contributed by atoms with Crippen LogP contribution in [0.15, 0.2) is 42.5 Å². The van der Waals surface area contributed by atoms with E-state index in [1.807, 2.05) is 42.5 Å². The smallest absolute Gasteiger partial charge is 0.325 e. The molecule has 1 aliphatic heterocycles. The number of aryl methyl sites for hydroxylation is 2. The van der Waals surface area contributed by atoms with E-state index in [1.54, 1.807) is 14.0 Å². The molecule has 0 bridgehead atoms. The van der Waals surface area contributed by atoms with Gasteiger partial charge in [0, 0.05) is 12.1 Å². The number of methoxy groups -OCH3 is 1. The zero-order valence-electron chi connectivity index (χ0n) is 17.2. The quantitative estimate of drug-likeness (QED) is 0.721. The van der Waals surface area contributed by atoms with Crippen LogP contribution >= 0.6 is 0 Å². The van der Waals surface area contributed by atoms with Crippen molar-refractivity contribution in [2.24, 2.45) is 0 Å². The maximum Gasteiger partial charge on any atom is 0.325 e. The predicted octanol–water partition coefficient (Wildman–Crippen LogP) is 2.68. The highest BCUT2D eigenvalue weighted by atomic mass is 16.5. The summed E-state index contributed by atoms with van der Waals surface area (Å²) in [6.45, 7) is 1.33. The molecule has 0 radical (unpaired) electrons. The van der Waals surface area contributed by atoms with Crippen molar-refractivity contribution in [2.75, 3.05) is 19.0 Å². The van der Waals surface area contributed by atoms with Crippen molar-refractivity contribution in [2.45, 2.75) is 38.1 Å². The highest BCUT2D eigenvalue weighted by Gasteiger charge is 2.48. The number of imide groups is 1. The molecule has 0 aromatic heterocycles. The standard InChI is InChI=1S/C23H25N3O4/c1-23(13-17-6-3-4-9-19(17)30-2)21(28)26(22(29)25-23)14-20(27)24-18-11-10-15-7-5-8-16(15)12-18/h3-4,6,9-12H,5,7-8,13-14H2,1-2H3,(H,24,27)(H,25,29)/t23-/m0/s1. The van der Waals surface area contributed by atoms with Crippen LogP contribution in [0.4, 0.5) is 10.5 Å². The SMILES string of the molecule is COc1ccccc1C[C@]1(C)NC(=O)N(CC(=O)Nc2ccc3c(c2)CCC3)C1=O. The Morgan fingerprint density at radius 2 is 1.93 bits per heavy atom. The molecule has 0 spiro atoms. The average molecular weight is 407 g/mol. The first-order valence-electron chi connectivity index (χ1n) is 10.1. The van der Waals surface area contributed by atoms with Gasteiger partial charge in [-0.05, 0) is 61.1 Å². The number of rotatable bonds is 6. The molecule has 2 aromatic carbocycles. The summed E-state index contributed by atoms with van der Waals surface area (Å²) in [6, 6.07) is 12.6. The molecule has 7 heteroatoms. The fourth-order valence-electron chi connectivity index (χ4n) is 4.23. The second-order valence-electron chi connectivity index (χ2n) is 8.03. The van der Waals surface area contributed by atoms with Crippen LogP contribution in [-0.4, -0.2) is 41.9 Å². The highest BCUT2D eigenvalue weighted by molar-refractivity contribution is 6.10. The lowest BCUT2D eigenvalue weighted by Gasteiger charge is -2.22. The van der Waals surface area contributed by atoms with Gasteiger partial charge in [0.05, 0.1) is 7.11 Å². The molecule has 1 atom stereocenters. The number of hydrogen-bond acceptors (Lipinski definition) is 4. The van der Waals surface area contributed by atoms with Gasteiger partial charge in [-0.1, -0.05) is 24.3 Å². The van der Waals surface area contributed by atoms with Gasteiger partial charge in [-0.2, -0.15) is 0 Å². The molecule has 7 nitrogen and oxygen atoms in total. The molecular formula is C23H25N3O4. The largest absolute Gasteiger partial charge is 0.496 e. The summed E-state index contributed by atoms with van der Waals surface area (Å²) in [6.07, 6.45) is 3.47. The molecular weight excluding hydrogens is 382 g/mol. The van der Waals surface area contributed by atoms with E-state index in [4.69, 9.17) is 4.74 Å². The highest BCUT2D eigenvalue weighted by Crippen LogP contribution is 2.28. The van der Waals surface area contributed by atoms with Crippen LogP contribution in [0.3, 0.4) is 0 Å². The fraction of sp³-hybridized carbons (Fsp3) is 0.348. The Kier molecular flexibility index (Phi) is 5.20. The van der Waals surface area contributed by atoms with Crippen LogP contribution in [0.5, 0.6) is 5.75 Å². The molecule has 0 saturated carbocycles. The Balaban J connectivity index is 1.44. The van der Waals surface area contributed by atoms with E-state index >= 15 is 0 Å². The third kappa shape index (κ3) is 3.75. The second-order valence-corrected chi connectivity index (χ2v) is 8.03. The van der Waals surface area contributed by atoms with Gasteiger partial charge >= 0.3 is 6.03 Å².